The molecule has 0 spiro atoms. The second-order valence-electron chi connectivity index (χ2n) is 3.81. The predicted octanol–water partition coefficient (Wildman–Crippen LogP) is 4.07. The van der Waals surface area contributed by atoms with Crippen LogP contribution < -0.4 is 5.32 Å². The molecule has 1 N–H and O–H groups in total. The molecular weight excluding hydrogens is 314 g/mol. The van der Waals surface area contributed by atoms with Gasteiger partial charge in [0.2, 0.25) is 5.28 Å². The van der Waals surface area contributed by atoms with E-state index in [1.165, 1.54) is 11.1 Å². The van der Waals surface area contributed by atoms with Crippen molar-refractivity contribution in [3.05, 3.63) is 51.3 Å². The van der Waals surface area contributed by atoms with E-state index >= 15 is 0 Å². The number of hydrogen-bond donors (Lipinski definition) is 1. The third kappa shape index (κ3) is 3.21. The molecule has 1 heterocycles. The average Bonchev–Trinajstić information content (AvgIpc) is 2.40. The summed E-state index contributed by atoms with van der Waals surface area (Å²) in [5.74, 6) is 0.709. The van der Waals surface area contributed by atoms with Crippen molar-refractivity contribution < 1.29 is 0 Å². The first kappa shape index (κ1) is 13.3. The standard InChI is InChI=1S/C13H13BrClN3/c1-2-9-5-3-4-6-10(9)7-16-12-11(14)8-17-13(15)18-12/h3-6,8H,2,7H2,1H3,(H,16,17,18). The van der Waals surface area contributed by atoms with Crippen LogP contribution in [0, 0.1) is 0 Å². The van der Waals surface area contributed by atoms with Gasteiger partial charge in [-0.05, 0) is 45.1 Å². The van der Waals surface area contributed by atoms with Crippen molar-refractivity contribution in [1.82, 2.24) is 9.97 Å². The van der Waals surface area contributed by atoms with E-state index in [2.05, 4.69) is 56.3 Å². The average molecular weight is 327 g/mol. The summed E-state index contributed by atoms with van der Waals surface area (Å²) in [6.07, 6.45) is 2.66. The van der Waals surface area contributed by atoms with Gasteiger partial charge in [0.25, 0.3) is 0 Å². The fourth-order valence-corrected chi connectivity index (χ4v) is 2.19. The van der Waals surface area contributed by atoms with Gasteiger partial charge in [0.05, 0.1) is 4.47 Å². The minimum atomic E-state index is 0.240. The number of halogens is 2. The fraction of sp³-hybridized carbons (Fsp3) is 0.231. The molecule has 2 rings (SSSR count). The second-order valence-corrected chi connectivity index (χ2v) is 5.00. The van der Waals surface area contributed by atoms with Crippen LogP contribution in [0.2, 0.25) is 5.28 Å². The molecule has 0 saturated carbocycles. The topological polar surface area (TPSA) is 37.8 Å². The number of rotatable bonds is 4. The fourth-order valence-electron chi connectivity index (χ4n) is 1.72. The van der Waals surface area contributed by atoms with Crippen LogP contribution >= 0.6 is 27.5 Å². The zero-order chi connectivity index (χ0) is 13.0. The van der Waals surface area contributed by atoms with Crippen LogP contribution in [0.3, 0.4) is 0 Å². The highest BCUT2D eigenvalue weighted by atomic mass is 79.9. The van der Waals surface area contributed by atoms with Crippen LogP contribution in [0.4, 0.5) is 5.82 Å². The maximum absolute atomic E-state index is 5.77. The molecule has 1 aromatic heterocycles. The number of aromatic nitrogens is 2. The van der Waals surface area contributed by atoms with Crippen molar-refractivity contribution in [3.8, 4) is 0 Å². The summed E-state index contributed by atoms with van der Waals surface area (Å²) in [5.41, 5.74) is 2.60. The highest BCUT2D eigenvalue weighted by Gasteiger charge is 2.05. The number of anilines is 1. The van der Waals surface area contributed by atoms with Crippen LogP contribution in [-0.2, 0) is 13.0 Å². The van der Waals surface area contributed by atoms with Crippen LogP contribution in [0.15, 0.2) is 34.9 Å². The summed E-state index contributed by atoms with van der Waals surface area (Å²) in [6, 6.07) is 8.35. The van der Waals surface area contributed by atoms with Gasteiger partial charge in [-0.2, -0.15) is 4.98 Å². The largest absolute Gasteiger partial charge is 0.365 e. The Hall–Kier alpha value is -1.13. The van der Waals surface area contributed by atoms with Crippen LogP contribution in [-0.4, -0.2) is 9.97 Å². The van der Waals surface area contributed by atoms with Gasteiger partial charge in [-0.3, -0.25) is 0 Å². The first-order chi connectivity index (χ1) is 8.70. The maximum Gasteiger partial charge on any atom is 0.224 e. The predicted molar refractivity (Wildman–Crippen MR) is 77.9 cm³/mol. The molecule has 0 atom stereocenters. The molecule has 0 unspecified atom stereocenters. The lowest BCUT2D eigenvalue weighted by Gasteiger charge is -2.10. The Morgan fingerprint density at radius 3 is 2.72 bits per heavy atom. The van der Waals surface area contributed by atoms with Gasteiger partial charge in [-0.25, -0.2) is 4.98 Å². The summed E-state index contributed by atoms with van der Waals surface area (Å²) in [6.45, 7) is 2.87. The summed E-state index contributed by atoms with van der Waals surface area (Å²) >= 11 is 9.17. The second kappa shape index (κ2) is 6.16. The normalized spacial score (nSPS) is 10.4. The summed E-state index contributed by atoms with van der Waals surface area (Å²) < 4.78 is 0.806. The van der Waals surface area contributed by atoms with E-state index in [9.17, 15) is 0 Å². The van der Waals surface area contributed by atoms with E-state index in [-0.39, 0.29) is 5.28 Å². The number of aryl methyl sites for hydroxylation is 1. The van der Waals surface area contributed by atoms with Crippen LogP contribution in [0.5, 0.6) is 0 Å². The third-order valence-corrected chi connectivity index (χ3v) is 3.42. The number of nitrogens with zero attached hydrogens (tertiary/aromatic N) is 2. The van der Waals surface area contributed by atoms with Crippen molar-refractivity contribution >= 4 is 33.3 Å². The Morgan fingerprint density at radius 1 is 1.28 bits per heavy atom. The first-order valence-corrected chi connectivity index (χ1v) is 6.86. The van der Waals surface area contributed by atoms with E-state index in [0.717, 1.165) is 17.4 Å². The van der Waals surface area contributed by atoms with Crippen molar-refractivity contribution in [3.63, 3.8) is 0 Å². The summed E-state index contributed by atoms with van der Waals surface area (Å²) in [7, 11) is 0. The van der Waals surface area contributed by atoms with Gasteiger partial charge in [0, 0.05) is 12.7 Å². The third-order valence-electron chi connectivity index (χ3n) is 2.66. The van der Waals surface area contributed by atoms with Crippen molar-refractivity contribution in [1.29, 1.82) is 0 Å². The SMILES string of the molecule is CCc1ccccc1CNc1nc(Cl)ncc1Br. The first-order valence-electron chi connectivity index (χ1n) is 5.69. The van der Waals surface area contributed by atoms with Gasteiger partial charge in [-0.1, -0.05) is 31.2 Å². The lowest BCUT2D eigenvalue weighted by molar-refractivity contribution is 1.02. The zero-order valence-electron chi connectivity index (χ0n) is 9.95. The molecule has 0 fully saturated rings. The van der Waals surface area contributed by atoms with Gasteiger partial charge < -0.3 is 5.32 Å². The quantitative estimate of drug-likeness (QED) is 0.861. The lowest BCUT2D eigenvalue weighted by Crippen LogP contribution is -2.05. The van der Waals surface area contributed by atoms with E-state index in [4.69, 9.17) is 11.6 Å². The lowest BCUT2D eigenvalue weighted by atomic mass is 10.1. The van der Waals surface area contributed by atoms with E-state index in [1.54, 1.807) is 6.20 Å². The highest BCUT2D eigenvalue weighted by molar-refractivity contribution is 9.10. The molecule has 3 nitrogen and oxygen atoms in total. The molecule has 5 heteroatoms. The minimum absolute atomic E-state index is 0.240. The van der Waals surface area contributed by atoms with Gasteiger partial charge in [0.1, 0.15) is 5.82 Å². The summed E-state index contributed by atoms with van der Waals surface area (Å²) in [4.78, 5) is 8.04. The maximum atomic E-state index is 5.77. The van der Waals surface area contributed by atoms with Gasteiger partial charge >= 0.3 is 0 Å². The number of hydrogen-bond acceptors (Lipinski definition) is 3. The van der Waals surface area contributed by atoms with E-state index < -0.39 is 0 Å². The molecule has 18 heavy (non-hydrogen) atoms. The van der Waals surface area contributed by atoms with E-state index in [0.29, 0.717) is 5.82 Å². The molecular formula is C13H13BrClN3. The van der Waals surface area contributed by atoms with Crippen molar-refractivity contribution in [2.75, 3.05) is 5.32 Å². The highest BCUT2D eigenvalue weighted by Crippen LogP contribution is 2.21. The van der Waals surface area contributed by atoms with Gasteiger partial charge in [0.15, 0.2) is 0 Å². The van der Waals surface area contributed by atoms with Crippen molar-refractivity contribution in [2.24, 2.45) is 0 Å². The molecule has 0 bridgehead atoms. The Labute approximate surface area is 120 Å². The Kier molecular flexibility index (Phi) is 4.55. The minimum Gasteiger partial charge on any atom is -0.365 e. The monoisotopic (exact) mass is 325 g/mol. The molecule has 0 aliphatic rings. The summed E-state index contributed by atoms with van der Waals surface area (Å²) in [5, 5.41) is 3.50. The Bertz CT molecular complexity index is 546. The smallest absolute Gasteiger partial charge is 0.224 e. The molecule has 0 amide bonds. The van der Waals surface area contributed by atoms with Crippen LogP contribution in [0.1, 0.15) is 18.1 Å². The Morgan fingerprint density at radius 2 is 2.00 bits per heavy atom. The molecule has 0 aliphatic carbocycles. The molecule has 0 saturated heterocycles. The zero-order valence-corrected chi connectivity index (χ0v) is 12.3. The molecule has 0 aliphatic heterocycles. The number of benzene rings is 1. The molecule has 2 aromatic rings. The van der Waals surface area contributed by atoms with E-state index in [1.807, 2.05) is 6.07 Å². The van der Waals surface area contributed by atoms with Crippen molar-refractivity contribution in [2.45, 2.75) is 19.9 Å². The Balaban J connectivity index is 2.14. The molecule has 1 aromatic carbocycles. The van der Waals surface area contributed by atoms with Gasteiger partial charge in [-0.15, -0.1) is 0 Å². The molecule has 0 radical (unpaired) electrons. The number of nitrogens with one attached hydrogen (secondary N) is 1. The molecule has 94 valence electrons. The van der Waals surface area contributed by atoms with Crippen LogP contribution in [0.25, 0.3) is 0 Å².